The predicted octanol–water partition coefficient (Wildman–Crippen LogP) is 4.11. The van der Waals surface area contributed by atoms with E-state index in [1.54, 1.807) is 24.6 Å². The summed E-state index contributed by atoms with van der Waals surface area (Å²) in [5, 5.41) is 5.05. The largest absolute Gasteiger partial charge is 0.497 e. The van der Waals surface area contributed by atoms with Gasteiger partial charge in [-0.3, -0.25) is 9.69 Å². The molecule has 3 aromatic rings. The molecule has 0 spiro atoms. The molecule has 0 saturated carbocycles. The van der Waals surface area contributed by atoms with Crippen LogP contribution < -0.4 is 15.0 Å². The van der Waals surface area contributed by atoms with Gasteiger partial charge in [-0.15, -0.1) is 11.3 Å². The number of thiophene rings is 1. The van der Waals surface area contributed by atoms with Crippen molar-refractivity contribution >= 4 is 33.9 Å². The van der Waals surface area contributed by atoms with E-state index in [1.807, 2.05) is 18.2 Å². The van der Waals surface area contributed by atoms with Gasteiger partial charge in [0.25, 0.3) is 0 Å². The Balaban J connectivity index is 1.39. The molecule has 1 amide bonds. The SMILES string of the molecule is COC(=O)c1c(-c2ccc(F)cc2)csc1NC(=O)CN1CCN(c2cccc(OC)c2)CC1. The van der Waals surface area contributed by atoms with Crippen molar-refractivity contribution in [3.63, 3.8) is 0 Å². The number of halogens is 1. The molecule has 4 rings (SSSR count). The summed E-state index contributed by atoms with van der Waals surface area (Å²) in [6.07, 6.45) is 0. The second-order valence-corrected chi connectivity index (χ2v) is 8.74. The van der Waals surface area contributed by atoms with E-state index < -0.39 is 5.97 Å². The zero-order valence-electron chi connectivity index (χ0n) is 19.0. The Morgan fingerprint density at radius 2 is 1.79 bits per heavy atom. The Labute approximate surface area is 201 Å². The second kappa shape index (κ2) is 10.7. The number of amides is 1. The van der Waals surface area contributed by atoms with Crippen molar-refractivity contribution in [2.75, 3.05) is 57.2 Å². The van der Waals surface area contributed by atoms with Crippen molar-refractivity contribution < 1.29 is 23.5 Å². The molecule has 0 aliphatic carbocycles. The fourth-order valence-electron chi connectivity index (χ4n) is 3.94. The maximum Gasteiger partial charge on any atom is 0.341 e. The Hall–Kier alpha value is -3.43. The summed E-state index contributed by atoms with van der Waals surface area (Å²) in [7, 11) is 2.94. The number of anilines is 2. The van der Waals surface area contributed by atoms with Gasteiger partial charge in [0.1, 0.15) is 22.1 Å². The van der Waals surface area contributed by atoms with Crippen LogP contribution in [0.15, 0.2) is 53.9 Å². The summed E-state index contributed by atoms with van der Waals surface area (Å²) in [5.74, 6) is -0.300. The van der Waals surface area contributed by atoms with Gasteiger partial charge in [-0.2, -0.15) is 0 Å². The van der Waals surface area contributed by atoms with Crippen LogP contribution in [0.3, 0.4) is 0 Å². The molecule has 0 radical (unpaired) electrons. The number of hydrogen-bond donors (Lipinski definition) is 1. The van der Waals surface area contributed by atoms with E-state index in [0.29, 0.717) is 16.1 Å². The minimum atomic E-state index is -0.553. The van der Waals surface area contributed by atoms with Gasteiger partial charge < -0.3 is 19.7 Å². The topological polar surface area (TPSA) is 71.1 Å². The molecule has 0 unspecified atom stereocenters. The number of benzene rings is 2. The quantitative estimate of drug-likeness (QED) is 0.510. The minimum Gasteiger partial charge on any atom is -0.497 e. The third-order valence-corrected chi connectivity index (χ3v) is 6.64. The number of piperazine rings is 1. The molecule has 1 aliphatic heterocycles. The van der Waals surface area contributed by atoms with Gasteiger partial charge in [0.15, 0.2) is 0 Å². The predicted molar refractivity (Wildman–Crippen MR) is 131 cm³/mol. The number of nitrogens with one attached hydrogen (secondary N) is 1. The summed E-state index contributed by atoms with van der Waals surface area (Å²) in [6, 6.07) is 13.8. The number of carbonyl (C=O) groups is 2. The maximum atomic E-state index is 13.3. The van der Waals surface area contributed by atoms with Crippen molar-refractivity contribution in [1.82, 2.24) is 4.90 Å². The highest BCUT2D eigenvalue weighted by atomic mass is 32.1. The van der Waals surface area contributed by atoms with Gasteiger partial charge in [-0.05, 0) is 29.8 Å². The Bertz CT molecular complexity index is 1160. The Morgan fingerprint density at radius 3 is 2.47 bits per heavy atom. The summed E-state index contributed by atoms with van der Waals surface area (Å²) >= 11 is 1.25. The summed E-state index contributed by atoms with van der Waals surface area (Å²) < 4.78 is 23.6. The first kappa shape index (κ1) is 23.7. The molecule has 34 heavy (non-hydrogen) atoms. The van der Waals surface area contributed by atoms with Crippen LogP contribution in [0.25, 0.3) is 11.1 Å². The number of carbonyl (C=O) groups excluding carboxylic acids is 2. The van der Waals surface area contributed by atoms with Gasteiger partial charge in [0.2, 0.25) is 5.91 Å². The lowest BCUT2D eigenvalue weighted by Crippen LogP contribution is -2.48. The van der Waals surface area contributed by atoms with E-state index >= 15 is 0 Å². The number of esters is 1. The summed E-state index contributed by atoms with van der Waals surface area (Å²) in [6.45, 7) is 3.28. The third kappa shape index (κ3) is 5.37. The fraction of sp³-hybridized carbons (Fsp3) is 0.280. The van der Waals surface area contributed by atoms with E-state index in [1.165, 1.54) is 30.6 Å². The van der Waals surface area contributed by atoms with Crippen molar-refractivity contribution in [2.45, 2.75) is 0 Å². The molecule has 0 bridgehead atoms. The lowest BCUT2D eigenvalue weighted by Gasteiger charge is -2.35. The number of ether oxygens (including phenoxy) is 2. The first-order valence-corrected chi connectivity index (χ1v) is 11.7. The lowest BCUT2D eigenvalue weighted by molar-refractivity contribution is -0.117. The number of nitrogens with zero attached hydrogens (tertiary/aromatic N) is 2. The number of methoxy groups -OCH3 is 2. The molecular weight excluding hydrogens is 457 g/mol. The van der Waals surface area contributed by atoms with Gasteiger partial charge in [-0.25, -0.2) is 9.18 Å². The molecule has 1 fully saturated rings. The fourth-order valence-corrected chi connectivity index (χ4v) is 4.91. The first-order chi connectivity index (χ1) is 16.5. The Kier molecular flexibility index (Phi) is 7.44. The van der Waals surface area contributed by atoms with Gasteiger partial charge in [0.05, 0.1) is 20.8 Å². The smallest absolute Gasteiger partial charge is 0.341 e. The molecule has 1 saturated heterocycles. The van der Waals surface area contributed by atoms with Crippen LogP contribution in [0.5, 0.6) is 5.75 Å². The highest BCUT2D eigenvalue weighted by Crippen LogP contribution is 2.36. The average Bonchev–Trinajstić information content (AvgIpc) is 3.27. The average molecular weight is 484 g/mol. The minimum absolute atomic E-state index is 0.201. The van der Waals surface area contributed by atoms with Gasteiger partial charge in [0, 0.05) is 48.9 Å². The van der Waals surface area contributed by atoms with E-state index in [2.05, 4.69) is 21.2 Å². The number of rotatable bonds is 7. The molecular formula is C25H26FN3O4S. The van der Waals surface area contributed by atoms with Crippen molar-refractivity contribution in [3.8, 4) is 16.9 Å². The second-order valence-electron chi connectivity index (χ2n) is 7.86. The number of hydrogen-bond acceptors (Lipinski definition) is 7. The van der Waals surface area contributed by atoms with Crippen LogP contribution in [-0.2, 0) is 9.53 Å². The highest BCUT2D eigenvalue weighted by Gasteiger charge is 2.24. The zero-order valence-corrected chi connectivity index (χ0v) is 19.9. The van der Waals surface area contributed by atoms with E-state index in [-0.39, 0.29) is 23.8 Å². The maximum absolute atomic E-state index is 13.3. The molecule has 2 aromatic carbocycles. The molecule has 7 nitrogen and oxygen atoms in total. The molecule has 1 N–H and O–H groups in total. The van der Waals surface area contributed by atoms with E-state index in [9.17, 15) is 14.0 Å². The van der Waals surface area contributed by atoms with E-state index in [4.69, 9.17) is 9.47 Å². The van der Waals surface area contributed by atoms with Gasteiger partial charge in [-0.1, -0.05) is 18.2 Å². The Morgan fingerprint density at radius 1 is 1.06 bits per heavy atom. The molecule has 178 valence electrons. The normalized spacial score (nSPS) is 14.0. The van der Waals surface area contributed by atoms with Crippen LogP contribution in [-0.4, -0.2) is 63.7 Å². The third-order valence-electron chi connectivity index (χ3n) is 5.75. The van der Waals surface area contributed by atoms with Crippen LogP contribution >= 0.6 is 11.3 Å². The van der Waals surface area contributed by atoms with Crippen LogP contribution in [0, 0.1) is 5.82 Å². The monoisotopic (exact) mass is 483 g/mol. The van der Waals surface area contributed by atoms with Crippen molar-refractivity contribution in [2.24, 2.45) is 0 Å². The van der Waals surface area contributed by atoms with Gasteiger partial charge >= 0.3 is 5.97 Å². The van der Waals surface area contributed by atoms with Crippen LogP contribution in [0.1, 0.15) is 10.4 Å². The summed E-state index contributed by atoms with van der Waals surface area (Å²) in [4.78, 5) is 29.6. The van der Waals surface area contributed by atoms with Crippen molar-refractivity contribution in [1.29, 1.82) is 0 Å². The van der Waals surface area contributed by atoms with Crippen LogP contribution in [0.2, 0.25) is 0 Å². The van der Waals surface area contributed by atoms with Crippen molar-refractivity contribution in [3.05, 3.63) is 65.3 Å². The molecule has 0 atom stereocenters. The molecule has 1 aromatic heterocycles. The molecule has 2 heterocycles. The van der Waals surface area contributed by atoms with Crippen LogP contribution in [0.4, 0.5) is 15.1 Å². The lowest BCUT2D eigenvalue weighted by atomic mass is 10.0. The zero-order chi connectivity index (χ0) is 24.1. The standard InChI is InChI=1S/C25H26FN3O4S/c1-32-20-5-3-4-19(14-20)29-12-10-28(11-13-29)15-22(30)27-24-23(25(31)33-2)21(16-34-24)17-6-8-18(26)9-7-17/h3-9,14,16H,10-13,15H2,1-2H3,(H,27,30). The van der Waals surface area contributed by atoms with E-state index in [0.717, 1.165) is 37.6 Å². The highest BCUT2D eigenvalue weighted by molar-refractivity contribution is 7.15. The molecule has 1 aliphatic rings. The molecule has 9 heteroatoms. The summed E-state index contributed by atoms with van der Waals surface area (Å²) in [5.41, 5.74) is 2.64. The first-order valence-electron chi connectivity index (χ1n) is 10.9.